The van der Waals surface area contributed by atoms with Crippen molar-refractivity contribution in [3.8, 4) is 0 Å². The lowest BCUT2D eigenvalue weighted by Crippen LogP contribution is -2.43. The van der Waals surface area contributed by atoms with Crippen LogP contribution < -0.4 is 5.73 Å². The molecule has 1 amide bonds. The molecule has 3 nitrogen and oxygen atoms in total. The van der Waals surface area contributed by atoms with Crippen molar-refractivity contribution in [1.29, 1.82) is 0 Å². The van der Waals surface area contributed by atoms with Crippen LogP contribution in [-0.2, 0) is 0 Å². The number of likely N-dealkylation sites (tertiary alicyclic amines) is 1. The van der Waals surface area contributed by atoms with Gasteiger partial charge in [-0.15, -0.1) is 11.3 Å². The molecule has 92 valence electrons. The predicted octanol–water partition coefficient (Wildman–Crippen LogP) is 2.19. The Morgan fingerprint density at radius 1 is 1.59 bits per heavy atom. The Kier molecular flexibility index (Phi) is 3.79. The number of thiocarbonyl (C=S) groups is 1. The first kappa shape index (κ1) is 12.5. The van der Waals surface area contributed by atoms with Gasteiger partial charge in [0, 0.05) is 23.9 Å². The van der Waals surface area contributed by atoms with Gasteiger partial charge in [0.15, 0.2) is 0 Å². The van der Waals surface area contributed by atoms with Crippen molar-refractivity contribution in [3.05, 3.63) is 21.9 Å². The number of nitrogens with zero attached hydrogens (tertiary/aromatic N) is 1. The molecule has 1 aromatic heterocycles. The summed E-state index contributed by atoms with van der Waals surface area (Å²) in [4.78, 5) is 16.6. The highest BCUT2D eigenvalue weighted by Crippen LogP contribution is 2.22. The summed E-state index contributed by atoms with van der Waals surface area (Å²) in [5.74, 6) is 0.299. The summed E-state index contributed by atoms with van der Waals surface area (Å²) in [7, 11) is 0. The highest BCUT2D eigenvalue weighted by Gasteiger charge is 2.26. The number of hydrogen-bond acceptors (Lipinski definition) is 3. The number of carbonyl (C=O) groups is 1. The fraction of sp³-hybridized carbons (Fsp3) is 0.500. The van der Waals surface area contributed by atoms with Gasteiger partial charge in [-0.2, -0.15) is 0 Å². The lowest BCUT2D eigenvalue weighted by Gasteiger charge is -2.31. The summed E-state index contributed by atoms with van der Waals surface area (Å²) in [5.41, 5.74) is 5.67. The Bertz CT molecular complexity index is 441. The van der Waals surface area contributed by atoms with Crippen LogP contribution in [0.25, 0.3) is 0 Å². The fourth-order valence-electron chi connectivity index (χ4n) is 2.10. The van der Waals surface area contributed by atoms with Crippen molar-refractivity contribution in [1.82, 2.24) is 4.90 Å². The summed E-state index contributed by atoms with van der Waals surface area (Å²) in [5, 5.41) is 0. The fourth-order valence-corrected chi connectivity index (χ4v) is 3.13. The lowest BCUT2D eigenvalue weighted by atomic mass is 9.98. The molecule has 0 bridgehead atoms. The smallest absolute Gasteiger partial charge is 0.263 e. The maximum atomic E-state index is 12.2. The van der Waals surface area contributed by atoms with E-state index in [4.69, 9.17) is 18.0 Å². The standard InChI is InChI=1S/C12H16N2OS2/c1-8-4-5-10(17-8)12(15)14-6-2-3-9(7-14)11(13)16/h4-5,9H,2-3,6-7H2,1H3,(H2,13,16). The van der Waals surface area contributed by atoms with Crippen molar-refractivity contribution in [2.75, 3.05) is 13.1 Å². The van der Waals surface area contributed by atoms with E-state index in [0.29, 0.717) is 11.5 Å². The van der Waals surface area contributed by atoms with Crippen LogP contribution in [0.2, 0.25) is 0 Å². The minimum absolute atomic E-state index is 0.115. The number of rotatable bonds is 2. The van der Waals surface area contributed by atoms with Gasteiger partial charge in [-0.1, -0.05) is 12.2 Å². The lowest BCUT2D eigenvalue weighted by molar-refractivity contribution is 0.0708. The average Bonchev–Trinajstić information content (AvgIpc) is 2.75. The maximum absolute atomic E-state index is 12.2. The highest BCUT2D eigenvalue weighted by atomic mass is 32.1. The molecule has 17 heavy (non-hydrogen) atoms. The zero-order valence-corrected chi connectivity index (χ0v) is 11.4. The van der Waals surface area contributed by atoms with E-state index in [-0.39, 0.29) is 11.8 Å². The summed E-state index contributed by atoms with van der Waals surface area (Å²) in [6.07, 6.45) is 1.99. The van der Waals surface area contributed by atoms with Crippen LogP contribution in [0.3, 0.4) is 0 Å². The molecular weight excluding hydrogens is 252 g/mol. The SMILES string of the molecule is Cc1ccc(C(=O)N2CCCC(C(N)=S)C2)s1. The Balaban J connectivity index is 2.07. The average molecular weight is 268 g/mol. The number of piperidine rings is 1. The van der Waals surface area contributed by atoms with Crippen LogP contribution in [0.5, 0.6) is 0 Å². The number of hydrogen-bond donors (Lipinski definition) is 1. The highest BCUT2D eigenvalue weighted by molar-refractivity contribution is 7.80. The monoisotopic (exact) mass is 268 g/mol. The van der Waals surface area contributed by atoms with Crippen molar-refractivity contribution in [2.45, 2.75) is 19.8 Å². The molecule has 1 aromatic rings. The zero-order valence-electron chi connectivity index (χ0n) is 9.81. The molecule has 1 aliphatic rings. The Labute approximate surface area is 111 Å². The topological polar surface area (TPSA) is 46.3 Å². The van der Waals surface area contributed by atoms with E-state index in [1.54, 1.807) is 11.3 Å². The van der Waals surface area contributed by atoms with E-state index >= 15 is 0 Å². The largest absolute Gasteiger partial charge is 0.393 e. The normalized spacial score (nSPS) is 20.3. The second-order valence-electron chi connectivity index (χ2n) is 4.40. The Morgan fingerprint density at radius 2 is 2.35 bits per heavy atom. The van der Waals surface area contributed by atoms with Crippen LogP contribution >= 0.6 is 23.6 Å². The van der Waals surface area contributed by atoms with E-state index in [9.17, 15) is 4.79 Å². The summed E-state index contributed by atoms with van der Waals surface area (Å²) in [6, 6.07) is 3.87. The van der Waals surface area contributed by atoms with Gasteiger partial charge < -0.3 is 10.6 Å². The van der Waals surface area contributed by atoms with Gasteiger partial charge in [0.1, 0.15) is 0 Å². The molecular formula is C12H16N2OS2. The summed E-state index contributed by atoms with van der Waals surface area (Å²) >= 11 is 6.56. The maximum Gasteiger partial charge on any atom is 0.263 e. The van der Waals surface area contributed by atoms with Gasteiger partial charge >= 0.3 is 0 Å². The first-order chi connectivity index (χ1) is 8.08. The van der Waals surface area contributed by atoms with Gasteiger partial charge in [0.05, 0.1) is 9.87 Å². The molecule has 2 heterocycles. The van der Waals surface area contributed by atoms with Gasteiger partial charge in [0.25, 0.3) is 5.91 Å². The molecule has 2 rings (SSSR count). The van der Waals surface area contributed by atoms with Gasteiger partial charge in [-0.3, -0.25) is 4.79 Å². The van der Waals surface area contributed by atoms with Gasteiger partial charge in [0.2, 0.25) is 0 Å². The zero-order chi connectivity index (χ0) is 12.4. The third-order valence-electron chi connectivity index (χ3n) is 3.06. The number of carbonyl (C=O) groups excluding carboxylic acids is 1. The molecule has 0 aliphatic carbocycles. The summed E-state index contributed by atoms with van der Waals surface area (Å²) < 4.78 is 0. The number of amides is 1. The molecule has 1 fully saturated rings. The molecule has 0 aromatic carbocycles. The number of aryl methyl sites for hydroxylation is 1. The van der Waals surface area contributed by atoms with Crippen LogP contribution in [-0.4, -0.2) is 28.9 Å². The molecule has 0 saturated carbocycles. The second-order valence-corrected chi connectivity index (χ2v) is 6.16. The molecule has 0 spiro atoms. The Morgan fingerprint density at radius 3 is 2.94 bits per heavy atom. The van der Waals surface area contributed by atoms with Crippen LogP contribution in [0.15, 0.2) is 12.1 Å². The second kappa shape index (κ2) is 5.14. The third-order valence-corrected chi connectivity index (χ3v) is 4.38. The molecule has 1 saturated heterocycles. The predicted molar refractivity (Wildman–Crippen MR) is 74.5 cm³/mol. The minimum Gasteiger partial charge on any atom is -0.393 e. The minimum atomic E-state index is 0.115. The Hall–Kier alpha value is -0.940. The first-order valence-electron chi connectivity index (χ1n) is 5.73. The van der Waals surface area contributed by atoms with Crippen molar-refractivity contribution in [3.63, 3.8) is 0 Å². The third kappa shape index (κ3) is 2.84. The van der Waals surface area contributed by atoms with E-state index in [1.165, 1.54) is 0 Å². The van der Waals surface area contributed by atoms with Gasteiger partial charge in [-0.25, -0.2) is 0 Å². The number of thiophene rings is 1. The van der Waals surface area contributed by atoms with Crippen molar-refractivity contribution < 1.29 is 4.79 Å². The van der Waals surface area contributed by atoms with E-state index in [1.807, 2.05) is 24.0 Å². The van der Waals surface area contributed by atoms with Crippen molar-refractivity contribution in [2.24, 2.45) is 11.7 Å². The van der Waals surface area contributed by atoms with Crippen molar-refractivity contribution >= 4 is 34.5 Å². The number of nitrogens with two attached hydrogens (primary N) is 1. The molecule has 5 heteroatoms. The molecule has 1 aliphatic heterocycles. The van der Waals surface area contributed by atoms with Gasteiger partial charge in [-0.05, 0) is 31.9 Å². The van der Waals surface area contributed by atoms with E-state index < -0.39 is 0 Å². The van der Waals surface area contributed by atoms with Crippen LogP contribution in [0.4, 0.5) is 0 Å². The molecule has 2 N–H and O–H groups in total. The summed E-state index contributed by atoms with van der Waals surface area (Å²) in [6.45, 7) is 3.50. The van der Waals surface area contributed by atoms with Crippen LogP contribution in [0.1, 0.15) is 27.4 Å². The quantitative estimate of drug-likeness (QED) is 0.836. The van der Waals surface area contributed by atoms with E-state index in [0.717, 1.165) is 29.1 Å². The first-order valence-corrected chi connectivity index (χ1v) is 6.95. The van der Waals surface area contributed by atoms with Crippen LogP contribution in [0, 0.1) is 12.8 Å². The molecule has 1 unspecified atom stereocenters. The molecule has 0 radical (unpaired) electrons. The van der Waals surface area contributed by atoms with E-state index in [2.05, 4.69) is 0 Å². The molecule has 1 atom stereocenters.